The highest BCUT2D eigenvalue weighted by Gasteiger charge is 2.22. The van der Waals surface area contributed by atoms with Gasteiger partial charge in [0.2, 0.25) is 0 Å². The Morgan fingerprint density at radius 3 is 0.833 bits per heavy atom. The number of rotatable bonds is 72. The summed E-state index contributed by atoms with van der Waals surface area (Å²) in [6.45, 7) is 4.04. The number of quaternary nitrogens is 1. The van der Waals surface area contributed by atoms with Crippen molar-refractivity contribution in [1.82, 2.24) is 0 Å². The van der Waals surface area contributed by atoms with E-state index in [-0.39, 0.29) is 32.0 Å². The Morgan fingerprint density at radius 1 is 0.323 bits per heavy atom. The van der Waals surface area contributed by atoms with E-state index in [4.69, 9.17) is 18.5 Å². The van der Waals surface area contributed by atoms with Crippen LogP contribution in [0.25, 0.3) is 0 Å². The Balaban J connectivity index is 3.99. The van der Waals surface area contributed by atoms with Crippen molar-refractivity contribution in [3.8, 4) is 0 Å². The van der Waals surface area contributed by atoms with Crippen molar-refractivity contribution in [3.63, 3.8) is 0 Å². The van der Waals surface area contributed by atoms with Gasteiger partial charge in [-0.05, 0) is 116 Å². The van der Waals surface area contributed by atoms with Gasteiger partial charge < -0.3 is 27.9 Å². The lowest BCUT2D eigenvalue weighted by molar-refractivity contribution is -0.870. The molecule has 0 aromatic rings. The van der Waals surface area contributed by atoms with Crippen LogP contribution in [0.5, 0.6) is 0 Å². The second-order valence-electron chi connectivity index (χ2n) is 27.3. The van der Waals surface area contributed by atoms with Gasteiger partial charge in [-0.2, -0.15) is 0 Å². The third kappa shape index (κ3) is 78.9. The van der Waals surface area contributed by atoms with Gasteiger partial charge in [0.25, 0.3) is 7.82 Å². The molecule has 0 saturated heterocycles. The molecule has 2 atom stereocenters. The third-order valence-corrected chi connectivity index (χ3v) is 17.8. The van der Waals surface area contributed by atoms with Crippen molar-refractivity contribution in [2.75, 3.05) is 47.5 Å². The average molecular weight is 1360 g/mol. The summed E-state index contributed by atoms with van der Waals surface area (Å²) < 4.78 is 34.4. The number of esters is 2. The van der Waals surface area contributed by atoms with E-state index in [0.29, 0.717) is 17.4 Å². The molecule has 0 heterocycles. The Bertz CT molecular complexity index is 2140. The highest BCUT2D eigenvalue weighted by molar-refractivity contribution is 7.45. The third-order valence-electron chi connectivity index (χ3n) is 16.9. The monoisotopic (exact) mass is 1350 g/mol. The van der Waals surface area contributed by atoms with Crippen LogP contribution in [0.15, 0.2) is 146 Å². The maximum absolute atomic E-state index is 12.9. The number of allylic oxidation sites excluding steroid dienone is 24. The van der Waals surface area contributed by atoms with Gasteiger partial charge in [-0.15, -0.1) is 0 Å². The molecule has 2 unspecified atom stereocenters. The molecule has 0 saturated carbocycles. The molecule has 0 spiro atoms. The number of carbonyl (C=O) groups is 2. The zero-order valence-electron chi connectivity index (χ0n) is 62.8. The van der Waals surface area contributed by atoms with E-state index in [1.54, 1.807) is 0 Å². The number of phosphoric acid groups is 1. The van der Waals surface area contributed by atoms with E-state index in [0.717, 1.165) is 116 Å². The normalized spacial score (nSPS) is 13.9. The van der Waals surface area contributed by atoms with Crippen molar-refractivity contribution in [3.05, 3.63) is 146 Å². The number of phosphoric ester groups is 1. The standard InChI is InChI=1S/C86H148NO8P/c1-6-8-10-12-14-16-18-20-22-24-26-28-30-32-34-36-38-40-41-42-43-44-45-47-49-51-53-55-57-59-61-63-65-67-69-71-73-75-77-79-86(89)95-84(83-94-96(90,91)93-81-80-87(3,4)5)82-92-85(88)78-76-74-72-70-68-66-64-62-60-58-56-54-52-50-48-46-39-37-35-33-31-29-27-25-23-21-19-17-15-13-11-9-7-2/h8-11,14-17,20-23,26-29,32,34,38,40,42-43,45,47,84H,6-7,12-13,18-19,24-25,30-31,33,35-37,39,41,44,46,48-83H2,1-5H3/b10-8-,11-9-,16-14-,17-15-,22-20-,23-21-,28-26-,29-27-,34-32-,40-38-,43-42-,47-45-. The Morgan fingerprint density at radius 2 is 0.562 bits per heavy atom. The van der Waals surface area contributed by atoms with Crippen LogP contribution in [-0.4, -0.2) is 70.0 Å². The number of hydrogen-bond donors (Lipinski definition) is 0. The first-order valence-corrected chi connectivity index (χ1v) is 41.0. The minimum Gasteiger partial charge on any atom is -0.756 e. The summed E-state index contributed by atoms with van der Waals surface area (Å²) in [6, 6.07) is 0. The minimum absolute atomic E-state index is 0.0345. The van der Waals surface area contributed by atoms with Crippen LogP contribution in [0.4, 0.5) is 0 Å². The highest BCUT2D eigenvalue weighted by atomic mass is 31.2. The van der Waals surface area contributed by atoms with Gasteiger partial charge in [0.1, 0.15) is 19.8 Å². The Hall–Kier alpha value is -4.11. The van der Waals surface area contributed by atoms with Gasteiger partial charge >= 0.3 is 11.9 Å². The van der Waals surface area contributed by atoms with Crippen molar-refractivity contribution >= 4 is 19.8 Å². The summed E-state index contributed by atoms with van der Waals surface area (Å²) in [4.78, 5) is 38.2. The molecule has 550 valence electrons. The summed E-state index contributed by atoms with van der Waals surface area (Å²) in [5, 5.41) is 0. The van der Waals surface area contributed by atoms with Gasteiger partial charge in [0.15, 0.2) is 6.10 Å². The van der Waals surface area contributed by atoms with Crippen molar-refractivity contribution in [2.45, 2.75) is 341 Å². The minimum atomic E-state index is -4.65. The molecule has 0 amide bonds. The summed E-state index contributed by atoms with van der Waals surface area (Å²) in [5.74, 6) is -0.826. The van der Waals surface area contributed by atoms with E-state index in [1.807, 2.05) is 21.1 Å². The SMILES string of the molecule is CC/C=C\C/C=C\C/C=C\C/C=C\C/C=C\C/C=C\C/C=C\C/C=C\CCCCCCCCCCCCCCCCC(=O)OC(COC(=O)CCCCCCCCCCCCCCCCCCCCCC/C=C\C/C=C\C/C=C\C/C=C\CC)COP(=O)([O-])OCC[N+](C)(C)C. The molecule has 0 fully saturated rings. The van der Waals surface area contributed by atoms with Gasteiger partial charge in [0.05, 0.1) is 27.7 Å². The number of carbonyl (C=O) groups excluding carboxylic acids is 2. The zero-order chi connectivity index (χ0) is 69.7. The van der Waals surface area contributed by atoms with Crippen molar-refractivity contribution in [2.24, 2.45) is 0 Å². The number of nitrogens with zero attached hydrogens (tertiary/aromatic N) is 1. The number of unbranched alkanes of at least 4 members (excludes halogenated alkanes) is 34. The molecule has 0 radical (unpaired) electrons. The van der Waals surface area contributed by atoms with Crippen LogP contribution in [0.1, 0.15) is 335 Å². The molecule has 0 bridgehead atoms. The lowest BCUT2D eigenvalue weighted by atomic mass is 10.0. The molecule has 9 nitrogen and oxygen atoms in total. The summed E-state index contributed by atoms with van der Waals surface area (Å²) in [5.41, 5.74) is 0. The number of hydrogen-bond acceptors (Lipinski definition) is 8. The van der Waals surface area contributed by atoms with E-state index in [2.05, 4.69) is 160 Å². The molecule has 0 rings (SSSR count). The van der Waals surface area contributed by atoms with Gasteiger partial charge in [-0.3, -0.25) is 14.2 Å². The van der Waals surface area contributed by atoms with E-state index >= 15 is 0 Å². The summed E-state index contributed by atoms with van der Waals surface area (Å²) in [6.07, 6.45) is 111. The van der Waals surface area contributed by atoms with Crippen LogP contribution in [-0.2, 0) is 32.7 Å². The topological polar surface area (TPSA) is 111 Å². The molecule has 10 heteroatoms. The first kappa shape index (κ1) is 91.9. The fourth-order valence-electron chi connectivity index (χ4n) is 10.9. The molecule has 96 heavy (non-hydrogen) atoms. The summed E-state index contributed by atoms with van der Waals surface area (Å²) >= 11 is 0. The lowest BCUT2D eigenvalue weighted by Gasteiger charge is -2.28. The maximum Gasteiger partial charge on any atom is 0.306 e. The first-order valence-electron chi connectivity index (χ1n) is 39.5. The summed E-state index contributed by atoms with van der Waals surface area (Å²) in [7, 11) is 1.17. The fraction of sp³-hybridized carbons (Fsp3) is 0.698. The van der Waals surface area contributed by atoms with Gasteiger partial charge in [-0.25, -0.2) is 0 Å². The maximum atomic E-state index is 12.9. The molecule has 0 aromatic carbocycles. The van der Waals surface area contributed by atoms with Crippen LogP contribution in [0.2, 0.25) is 0 Å². The van der Waals surface area contributed by atoms with Crippen LogP contribution in [0, 0.1) is 0 Å². The largest absolute Gasteiger partial charge is 0.756 e. The van der Waals surface area contributed by atoms with Crippen molar-refractivity contribution < 1.29 is 42.1 Å². The Kier molecular flexibility index (Phi) is 71.9. The number of likely N-dealkylation sites (N-methyl/N-ethyl adjacent to an activating group) is 1. The molecule has 0 N–H and O–H groups in total. The second kappa shape index (κ2) is 75.1. The zero-order valence-corrected chi connectivity index (χ0v) is 63.7. The molecular weight excluding hydrogens is 1210 g/mol. The quantitative estimate of drug-likeness (QED) is 0.0195. The van der Waals surface area contributed by atoms with Crippen molar-refractivity contribution in [1.29, 1.82) is 0 Å². The molecule has 0 aromatic heterocycles. The smallest absolute Gasteiger partial charge is 0.306 e. The van der Waals surface area contributed by atoms with E-state index in [1.165, 1.54) is 186 Å². The predicted octanol–water partition coefficient (Wildman–Crippen LogP) is 25.9. The van der Waals surface area contributed by atoms with E-state index < -0.39 is 26.5 Å². The molecule has 0 aliphatic heterocycles. The average Bonchev–Trinajstić information content (AvgIpc) is 1.98. The molecular formula is C86H148NO8P. The van der Waals surface area contributed by atoms with Crippen LogP contribution < -0.4 is 4.89 Å². The first-order chi connectivity index (χ1) is 47.0. The Labute approximate surface area is 593 Å². The van der Waals surface area contributed by atoms with Crippen LogP contribution in [0.3, 0.4) is 0 Å². The van der Waals surface area contributed by atoms with Crippen LogP contribution >= 0.6 is 7.82 Å². The lowest BCUT2D eigenvalue weighted by Crippen LogP contribution is -2.37. The molecule has 0 aliphatic carbocycles. The fourth-order valence-corrected chi connectivity index (χ4v) is 11.6. The van der Waals surface area contributed by atoms with Gasteiger partial charge in [-0.1, -0.05) is 352 Å². The highest BCUT2D eigenvalue weighted by Crippen LogP contribution is 2.38. The second-order valence-corrected chi connectivity index (χ2v) is 28.7. The predicted molar refractivity (Wildman–Crippen MR) is 415 cm³/mol. The number of ether oxygens (including phenoxy) is 2. The molecule has 0 aliphatic rings. The van der Waals surface area contributed by atoms with Gasteiger partial charge in [0, 0.05) is 12.8 Å². The van der Waals surface area contributed by atoms with E-state index in [9.17, 15) is 19.0 Å².